The van der Waals surface area contributed by atoms with Crippen LogP contribution in [0.3, 0.4) is 0 Å². The molecule has 0 bridgehead atoms. The van der Waals surface area contributed by atoms with Crippen molar-refractivity contribution in [2.75, 3.05) is 0 Å². The van der Waals surface area contributed by atoms with Gasteiger partial charge in [-0.05, 0) is 32.4 Å². The molecule has 1 unspecified atom stereocenters. The van der Waals surface area contributed by atoms with E-state index in [1.807, 2.05) is 32.0 Å². The van der Waals surface area contributed by atoms with Crippen LogP contribution in [0.2, 0.25) is 0 Å². The van der Waals surface area contributed by atoms with Crippen LogP contribution >= 0.6 is 0 Å². The molecule has 0 aromatic carbocycles. The highest BCUT2D eigenvalue weighted by Gasteiger charge is 2.19. The van der Waals surface area contributed by atoms with Crippen molar-refractivity contribution in [2.24, 2.45) is 5.73 Å². The van der Waals surface area contributed by atoms with E-state index in [1.165, 1.54) is 0 Å². The lowest BCUT2D eigenvalue weighted by Gasteiger charge is -2.22. The largest absolute Gasteiger partial charge is 0.320 e. The van der Waals surface area contributed by atoms with Crippen LogP contribution < -0.4 is 5.73 Å². The van der Waals surface area contributed by atoms with Gasteiger partial charge in [0.05, 0.1) is 11.2 Å². The Morgan fingerprint density at radius 2 is 2.17 bits per heavy atom. The Morgan fingerprint density at radius 1 is 1.50 bits per heavy atom. The Hall–Kier alpha value is -0.890. The van der Waals surface area contributed by atoms with Crippen LogP contribution in [-0.2, 0) is 5.54 Å². The van der Waals surface area contributed by atoms with E-state index in [2.05, 4.69) is 11.9 Å². The molecule has 0 aliphatic rings. The average molecular weight is 164 g/mol. The minimum absolute atomic E-state index is 0.286. The summed E-state index contributed by atoms with van der Waals surface area (Å²) in [5, 5.41) is 0. The molecule has 0 saturated heterocycles. The van der Waals surface area contributed by atoms with Crippen molar-refractivity contribution < 1.29 is 0 Å². The first-order valence-corrected chi connectivity index (χ1v) is 4.29. The van der Waals surface area contributed by atoms with Crippen LogP contribution in [0.5, 0.6) is 0 Å². The Balaban J connectivity index is 3.03. The molecular weight excluding hydrogens is 148 g/mol. The van der Waals surface area contributed by atoms with E-state index in [1.54, 1.807) is 0 Å². The number of pyridine rings is 1. The summed E-state index contributed by atoms with van der Waals surface area (Å²) in [7, 11) is 0. The maximum absolute atomic E-state index is 6.04. The fourth-order valence-corrected chi connectivity index (χ4v) is 1.04. The number of aryl methyl sites for hydroxylation is 1. The molecule has 1 aromatic rings. The van der Waals surface area contributed by atoms with Gasteiger partial charge in [0.2, 0.25) is 0 Å². The molecule has 0 aliphatic carbocycles. The zero-order chi connectivity index (χ0) is 9.19. The quantitative estimate of drug-likeness (QED) is 0.725. The third-order valence-electron chi connectivity index (χ3n) is 2.21. The number of rotatable bonds is 2. The number of hydrogen-bond acceptors (Lipinski definition) is 2. The van der Waals surface area contributed by atoms with Gasteiger partial charge in [0.1, 0.15) is 0 Å². The summed E-state index contributed by atoms with van der Waals surface area (Å²) in [6.45, 7) is 6.06. The number of hydrogen-bond donors (Lipinski definition) is 1. The molecule has 0 spiro atoms. The fourth-order valence-electron chi connectivity index (χ4n) is 1.04. The molecule has 2 heteroatoms. The lowest BCUT2D eigenvalue weighted by Crippen LogP contribution is -2.33. The first-order chi connectivity index (χ1) is 5.56. The summed E-state index contributed by atoms with van der Waals surface area (Å²) < 4.78 is 0. The van der Waals surface area contributed by atoms with E-state index in [9.17, 15) is 0 Å². The van der Waals surface area contributed by atoms with E-state index in [4.69, 9.17) is 5.73 Å². The second kappa shape index (κ2) is 3.23. The van der Waals surface area contributed by atoms with Gasteiger partial charge in [0.15, 0.2) is 0 Å². The normalized spacial score (nSPS) is 15.7. The van der Waals surface area contributed by atoms with E-state index >= 15 is 0 Å². The molecule has 2 nitrogen and oxygen atoms in total. The summed E-state index contributed by atoms with van der Waals surface area (Å²) >= 11 is 0. The maximum atomic E-state index is 6.04. The maximum Gasteiger partial charge on any atom is 0.0602 e. The molecule has 0 saturated carbocycles. The molecule has 0 aliphatic heterocycles. The lowest BCUT2D eigenvalue weighted by atomic mass is 9.95. The Morgan fingerprint density at radius 3 is 2.67 bits per heavy atom. The average Bonchev–Trinajstić information content (AvgIpc) is 2.05. The van der Waals surface area contributed by atoms with Gasteiger partial charge in [-0.1, -0.05) is 13.0 Å². The van der Waals surface area contributed by atoms with Crippen molar-refractivity contribution in [3.05, 3.63) is 29.6 Å². The molecular formula is C10H16N2. The molecule has 1 aromatic heterocycles. The fraction of sp³-hybridized carbons (Fsp3) is 0.500. The highest BCUT2D eigenvalue weighted by atomic mass is 14.8. The summed E-state index contributed by atoms with van der Waals surface area (Å²) in [6.07, 6.45) is 0.906. The smallest absolute Gasteiger partial charge is 0.0602 e. The lowest BCUT2D eigenvalue weighted by molar-refractivity contribution is 0.461. The predicted octanol–water partition coefficient (Wildman–Crippen LogP) is 1.97. The first kappa shape index (κ1) is 9.20. The molecule has 66 valence electrons. The SMILES string of the molecule is CCC(C)(N)c1cccc(C)n1. The van der Waals surface area contributed by atoms with Gasteiger partial charge in [-0.2, -0.15) is 0 Å². The second-order valence-electron chi connectivity index (χ2n) is 3.44. The first-order valence-electron chi connectivity index (χ1n) is 4.29. The minimum Gasteiger partial charge on any atom is -0.320 e. The van der Waals surface area contributed by atoms with E-state index < -0.39 is 0 Å². The molecule has 0 radical (unpaired) electrons. The molecule has 2 N–H and O–H groups in total. The predicted molar refractivity (Wildman–Crippen MR) is 50.8 cm³/mol. The topological polar surface area (TPSA) is 38.9 Å². The van der Waals surface area contributed by atoms with Gasteiger partial charge in [-0.3, -0.25) is 4.98 Å². The number of nitrogens with two attached hydrogens (primary N) is 1. The van der Waals surface area contributed by atoms with Gasteiger partial charge >= 0.3 is 0 Å². The minimum atomic E-state index is -0.286. The van der Waals surface area contributed by atoms with Crippen LogP contribution in [-0.4, -0.2) is 4.98 Å². The molecule has 1 rings (SSSR count). The monoisotopic (exact) mass is 164 g/mol. The standard InChI is InChI=1S/C10H16N2/c1-4-10(3,11)9-7-5-6-8(2)12-9/h5-7H,4,11H2,1-3H3. The Bertz CT molecular complexity index is 266. The highest BCUT2D eigenvalue weighted by molar-refractivity contribution is 5.16. The van der Waals surface area contributed by atoms with E-state index in [0.717, 1.165) is 17.8 Å². The van der Waals surface area contributed by atoms with Gasteiger partial charge in [0.25, 0.3) is 0 Å². The zero-order valence-electron chi connectivity index (χ0n) is 7.96. The van der Waals surface area contributed by atoms with Gasteiger partial charge in [0, 0.05) is 5.69 Å². The number of aromatic nitrogens is 1. The van der Waals surface area contributed by atoms with Crippen molar-refractivity contribution >= 4 is 0 Å². The van der Waals surface area contributed by atoms with Crippen molar-refractivity contribution in [1.29, 1.82) is 0 Å². The summed E-state index contributed by atoms with van der Waals surface area (Å²) in [5.41, 5.74) is 7.76. The zero-order valence-corrected chi connectivity index (χ0v) is 7.96. The third-order valence-corrected chi connectivity index (χ3v) is 2.21. The summed E-state index contributed by atoms with van der Waals surface area (Å²) in [6, 6.07) is 5.96. The Kier molecular flexibility index (Phi) is 2.48. The van der Waals surface area contributed by atoms with E-state index in [-0.39, 0.29) is 5.54 Å². The van der Waals surface area contributed by atoms with Gasteiger partial charge < -0.3 is 5.73 Å². The van der Waals surface area contributed by atoms with Crippen LogP contribution in [0, 0.1) is 6.92 Å². The second-order valence-corrected chi connectivity index (χ2v) is 3.44. The van der Waals surface area contributed by atoms with Crippen LogP contribution in [0.4, 0.5) is 0 Å². The van der Waals surface area contributed by atoms with Gasteiger partial charge in [-0.25, -0.2) is 0 Å². The van der Waals surface area contributed by atoms with E-state index in [0.29, 0.717) is 0 Å². The Labute approximate surface area is 73.8 Å². The third kappa shape index (κ3) is 1.83. The number of nitrogens with zero attached hydrogens (tertiary/aromatic N) is 1. The molecule has 12 heavy (non-hydrogen) atoms. The molecule has 1 heterocycles. The highest BCUT2D eigenvalue weighted by Crippen LogP contribution is 2.18. The van der Waals surface area contributed by atoms with Crippen LogP contribution in [0.1, 0.15) is 31.7 Å². The summed E-state index contributed by atoms with van der Waals surface area (Å²) in [5.74, 6) is 0. The van der Waals surface area contributed by atoms with Crippen molar-refractivity contribution in [2.45, 2.75) is 32.7 Å². The summed E-state index contributed by atoms with van der Waals surface area (Å²) in [4.78, 5) is 4.39. The van der Waals surface area contributed by atoms with Gasteiger partial charge in [-0.15, -0.1) is 0 Å². The van der Waals surface area contributed by atoms with Crippen molar-refractivity contribution in [3.8, 4) is 0 Å². The van der Waals surface area contributed by atoms with Crippen molar-refractivity contribution in [3.63, 3.8) is 0 Å². The van der Waals surface area contributed by atoms with Crippen LogP contribution in [0.15, 0.2) is 18.2 Å². The molecule has 0 fully saturated rings. The van der Waals surface area contributed by atoms with Crippen molar-refractivity contribution in [1.82, 2.24) is 4.98 Å². The molecule has 0 amide bonds. The molecule has 1 atom stereocenters. The van der Waals surface area contributed by atoms with Crippen LogP contribution in [0.25, 0.3) is 0 Å².